The van der Waals surface area contributed by atoms with Crippen LogP contribution in [-0.4, -0.2) is 89.3 Å². The number of nitrogens with one attached hydrogen (secondary N) is 1. The highest BCUT2D eigenvalue weighted by molar-refractivity contribution is 9.10. The molecule has 3 N–H and O–H groups in total. The number of benzene rings is 1. The molecule has 10 nitrogen and oxygen atoms in total. The second-order valence-electron chi connectivity index (χ2n) is 8.90. The molecule has 11 heteroatoms. The minimum Gasteiger partial charge on any atom is -0.490 e. The smallest absolute Gasteiger partial charge is 0.414 e. The van der Waals surface area contributed by atoms with Crippen LogP contribution in [0.15, 0.2) is 29.3 Å². The van der Waals surface area contributed by atoms with Crippen LogP contribution in [0.3, 0.4) is 0 Å². The van der Waals surface area contributed by atoms with Crippen LogP contribution in [0.2, 0.25) is 0 Å². The summed E-state index contributed by atoms with van der Waals surface area (Å²) in [5, 5.41) is 17.8. The van der Waals surface area contributed by atoms with E-state index in [9.17, 15) is 4.79 Å². The fraction of sp³-hybridized carbons (Fsp3) is 0.542. The fourth-order valence-electron chi connectivity index (χ4n) is 3.28. The number of hydrogen-bond donors (Lipinski definition) is 3. The average Bonchev–Trinajstić information content (AvgIpc) is 2.74. The maximum absolute atomic E-state index is 12.1. The average molecular weight is 558 g/mol. The molecule has 1 aliphatic heterocycles. The molecule has 0 unspecified atom stereocenters. The van der Waals surface area contributed by atoms with Crippen LogP contribution in [0.5, 0.6) is 11.5 Å². The van der Waals surface area contributed by atoms with Crippen molar-refractivity contribution in [1.29, 1.82) is 0 Å². The molecular weight excluding hydrogens is 522 g/mol. The van der Waals surface area contributed by atoms with Gasteiger partial charge in [-0.25, -0.2) is 9.59 Å². The zero-order valence-corrected chi connectivity index (χ0v) is 22.4. The normalized spacial score (nSPS) is 14.3. The molecule has 0 bridgehead atoms. The van der Waals surface area contributed by atoms with Gasteiger partial charge in [0.25, 0.3) is 0 Å². The van der Waals surface area contributed by atoms with Gasteiger partial charge in [-0.2, -0.15) is 0 Å². The van der Waals surface area contributed by atoms with Crippen LogP contribution in [0.25, 0.3) is 0 Å². The number of halogens is 1. The summed E-state index contributed by atoms with van der Waals surface area (Å²) in [4.78, 5) is 35.0. The number of carbonyl (C=O) groups excluding carboxylic acids is 1. The van der Waals surface area contributed by atoms with Gasteiger partial charge in [-0.3, -0.25) is 14.6 Å². The minimum absolute atomic E-state index is 0.0892. The summed E-state index contributed by atoms with van der Waals surface area (Å²) in [5.74, 6) is -2.10. The van der Waals surface area contributed by atoms with Crippen molar-refractivity contribution in [2.45, 2.75) is 39.8 Å². The number of carboxylic acids is 2. The minimum atomic E-state index is -1.82. The van der Waals surface area contributed by atoms with Gasteiger partial charge in [0.05, 0.1) is 17.6 Å². The van der Waals surface area contributed by atoms with Crippen molar-refractivity contribution < 1.29 is 34.1 Å². The number of piperazine rings is 1. The van der Waals surface area contributed by atoms with Crippen LogP contribution in [0.4, 0.5) is 0 Å². The molecule has 1 aromatic rings. The lowest BCUT2D eigenvalue weighted by atomic mass is 10.1. The first-order valence-corrected chi connectivity index (χ1v) is 12.1. The Kier molecular flexibility index (Phi) is 12.8. The predicted molar refractivity (Wildman–Crippen MR) is 136 cm³/mol. The third-order valence-corrected chi connectivity index (χ3v) is 5.24. The van der Waals surface area contributed by atoms with Crippen LogP contribution in [-0.2, 0) is 20.9 Å². The van der Waals surface area contributed by atoms with E-state index in [1.54, 1.807) is 6.08 Å². The quantitative estimate of drug-likeness (QED) is 0.310. The van der Waals surface area contributed by atoms with E-state index in [0.717, 1.165) is 42.9 Å². The first kappa shape index (κ1) is 30.4. The molecule has 1 fully saturated rings. The summed E-state index contributed by atoms with van der Waals surface area (Å²) in [5.41, 5.74) is 0.983. The van der Waals surface area contributed by atoms with Gasteiger partial charge in [0, 0.05) is 38.3 Å². The van der Waals surface area contributed by atoms with Crippen LogP contribution in [0, 0.1) is 0 Å². The van der Waals surface area contributed by atoms with E-state index >= 15 is 0 Å². The van der Waals surface area contributed by atoms with Crippen molar-refractivity contribution in [1.82, 2.24) is 15.1 Å². The molecular formula is C24H36BrN3O7. The third-order valence-electron chi connectivity index (χ3n) is 4.65. The molecule has 2 rings (SSSR count). The fourth-order valence-corrected chi connectivity index (χ4v) is 3.89. The zero-order chi connectivity index (χ0) is 26.6. The van der Waals surface area contributed by atoms with Crippen molar-refractivity contribution >= 4 is 33.8 Å². The van der Waals surface area contributed by atoms with E-state index in [-0.39, 0.29) is 11.4 Å². The lowest BCUT2D eigenvalue weighted by molar-refractivity contribution is -0.159. The Labute approximate surface area is 215 Å². The zero-order valence-electron chi connectivity index (χ0n) is 20.8. The van der Waals surface area contributed by atoms with E-state index in [4.69, 9.17) is 29.3 Å². The molecule has 196 valence electrons. The predicted octanol–water partition coefficient (Wildman–Crippen LogP) is 2.60. The topological polar surface area (TPSA) is 129 Å². The number of rotatable bonds is 9. The van der Waals surface area contributed by atoms with E-state index < -0.39 is 11.9 Å². The Morgan fingerprint density at radius 2 is 1.66 bits per heavy atom. The molecule has 0 aromatic heterocycles. The number of ether oxygens (including phenoxy) is 2. The summed E-state index contributed by atoms with van der Waals surface area (Å²) in [7, 11) is 0. The number of hydrogen-bond acceptors (Lipinski definition) is 7. The van der Waals surface area contributed by atoms with Gasteiger partial charge in [0.15, 0.2) is 11.5 Å². The molecule has 1 amide bonds. The lowest BCUT2D eigenvalue weighted by Crippen LogP contribution is -2.51. The van der Waals surface area contributed by atoms with Crippen molar-refractivity contribution in [2.24, 2.45) is 0 Å². The summed E-state index contributed by atoms with van der Waals surface area (Å²) < 4.78 is 12.4. The largest absolute Gasteiger partial charge is 0.490 e. The Morgan fingerprint density at radius 3 is 2.14 bits per heavy atom. The second-order valence-corrected chi connectivity index (χ2v) is 9.75. The van der Waals surface area contributed by atoms with Gasteiger partial charge in [0.2, 0.25) is 5.91 Å². The molecule has 0 spiro atoms. The highest BCUT2D eigenvalue weighted by atomic mass is 79.9. The Bertz CT molecular complexity index is 867. The standard InChI is InChI=1S/C22H34BrN3O3.C2H2O4/c1-6-12-29-21-18(23)13-17(14-19(21)28-7-2)15-25-8-10-26(11-9-25)16-20(27)24-22(3,4)5;3-1(4)2(5)6/h6,13-14H,1,7-12,15-16H2,2-5H3,(H,24,27);(H,3,4)(H,5,6). The SMILES string of the molecule is C=CCOc1c(Br)cc(CN2CCN(CC(=O)NC(C)(C)C)CC2)cc1OCC.O=C(O)C(=O)O. The van der Waals surface area contributed by atoms with Crippen LogP contribution in [0.1, 0.15) is 33.3 Å². The van der Waals surface area contributed by atoms with E-state index in [0.29, 0.717) is 25.5 Å². The third kappa shape index (κ3) is 12.1. The van der Waals surface area contributed by atoms with Crippen LogP contribution >= 0.6 is 15.9 Å². The molecule has 0 aliphatic carbocycles. The summed E-state index contributed by atoms with van der Waals surface area (Å²) >= 11 is 3.61. The van der Waals surface area contributed by atoms with Gasteiger partial charge in [-0.15, -0.1) is 0 Å². The van der Waals surface area contributed by atoms with Crippen molar-refractivity contribution in [3.05, 3.63) is 34.8 Å². The molecule has 35 heavy (non-hydrogen) atoms. The number of carbonyl (C=O) groups is 3. The number of amides is 1. The molecule has 1 aliphatic rings. The number of aliphatic carboxylic acids is 2. The molecule has 0 radical (unpaired) electrons. The van der Waals surface area contributed by atoms with Gasteiger partial charge in [-0.1, -0.05) is 12.7 Å². The second kappa shape index (κ2) is 14.7. The van der Waals surface area contributed by atoms with E-state index in [2.05, 4.69) is 49.8 Å². The van der Waals surface area contributed by atoms with Gasteiger partial charge >= 0.3 is 11.9 Å². The van der Waals surface area contributed by atoms with Gasteiger partial charge < -0.3 is 25.0 Å². The van der Waals surface area contributed by atoms with Crippen LogP contribution < -0.4 is 14.8 Å². The number of carboxylic acid groups (broad SMARTS) is 2. The van der Waals surface area contributed by atoms with Gasteiger partial charge in [-0.05, 0) is 61.3 Å². The Hall–Kier alpha value is -2.63. The summed E-state index contributed by atoms with van der Waals surface area (Å²) in [6.07, 6.45) is 1.72. The number of nitrogens with zero attached hydrogens (tertiary/aromatic N) is 2. The monoisotopic (exact) mass is 557 g/mol. The van der Waals surface area contributed by atoms with E-state index in [1.165, 1.54) is 5.56 Å². The molecule has 1 saturated heterocycles. The summed E-state index contributed by atoms with van der Waals surface area (Å²) in [6.45, 7) is 17.6. The maximum Gasteiger partial charge on any atom is 0.414 e. The molecule has 1 heterocycles. The van der Waals surface area contributed by atoms with Gasteiger partial charge in [0.1, 0.15) is 6.61 Å². The van der Waals surface area contributed by atoms with Crippen molar-refractivity contribution in [2.75, 3.05) is 45.9 Å². The molecule has 0 saturated carbocycles. The molecule has 1 aromatic carbocycles. The van der Waals surface area contributed by atoms with Crippen molar-refractivity contribution in [3.63, 3.8) is 0 Å². The first-order chi connectivity index (χ1) is 16.4. The van der Waals surface area contributed by atoms with E-state index in [1.807, 2.05) is 27.7 Å². The Morgan fingerprint density at radius 1 is 1.09 bits per heavy atom. The maximum atomic E-state index is 12.1. The highest BCUT2D eigenvalue weighted by Crippen LogP contribution is 2.37. The Balaban J connectivity index is 0.000000905. The van der Waals surface area contributed by atoms with Crippen molar-refractivity contribution in [3.8, 4) is 11.5 Å². The highest BCUT2D eigenvalue weighted by Gasteiger charge is 2.22. The first-order valence-electron chi connectivity index (χ1n) is 11.3. The summed E-state index contributed by atoms with van der Waals surface area (Å²) in [6, 6.07) is 4.14. The lowest BCUT2D eigenvalue weighted by Gasteiger charge is -2.35. The molecule has 0 atom stereocenters.